The van der Waals surface area contributed by atoms with Gasteiger partial charge in [-0.25, -0.2) is 0 Å². The zero-order chi connectivity index (χ0) is 14.0. The molecule has 1 aromatic carbocycles. The minimum absolute atomic E-state index is 0.0134. The molecule has 0 fully saturated rings. The normalized spacial score (nSPS) is 12.2. The molecular formula is C15H17N3O. The SMILES string of the molecule is Cc1cc(C)c2ncc(C#N)c(NC(C)CO)c2c1. The fourth-order valence-electron chi connectivity index (χ4n) is 2.19. The highest BCUT2D eigenvalue weighted by molar-refractivity contribution is 5.96. The van der Waals surface area contributed by atoms with Crippen molar-refractivity contribution in [1.29, 1.82) is 5.26 Å². The van der Waals surface area contributed by atoms with Crippen LogP contribution in [0.1, 0.15) is 23.6 Å². The van der Waals surface area contributed by atoms with Gasteiger partial charge in [0, 0.05) is 17.6 Å². The lowest BCUT2D eigenvalue weighted by Crippen LogP contribution is -2.20. The third-order valence-corrected chi connectivity index (χ3v) is 3.09. The van der Waals surface area contributed by atoms with E-state index < -0.39 is 0 Å². The number of rotatable bonds is 3. The first-order valence-electron chi connectivity index (χ1n) is 6.24. The van der Waals surface area contributed by atoms with E-state index in [0.29, 0.717) is 5.56 Å². The molecular weight excluding hydrogens is 238 g/mol. The lowest BCUT2D eigenvalue weighted by atomic mass is 10.0. The number of aliphatic hydroxyl groups excluding tert-OH is 1. The second-order valence-corrected chi connectivity index (χ2v) is 4.86. The zero-order valence-electron chi connectivity index (χ0n) is 11.4. The number of nitriles is 1. The van der Waals surface area contributed by atoms with E-state index >= 15 is 0 Å². The van der Waals surface area contributed by atoms with Gasteiger partial charge in [-0.1, -0.05) is 11.6 Å². The minimum atomic E-state index is -0.112. The highest BCUT2D eigenvalue weighted by Gasteiger charge is 2.12. The largest absolute Gasteiger partial charge is 0.394 e. The Morgan fingerprint density at radius 2 is 2.16 bits per heavy atom. The second kappa shape index (κ2) is 5.25. The maximum Gasteiger partial charge on any atom is 0.103 e. The molecule has 0 radical (unpaired) electrons. The molecule has 0 amide bonds. The molecule has 2 rings (SSSR count). The van der Waals surface area contributed by atoms with E-state index in [9.17, 15) is 10.4 Å². The Morgan fingerprint density at radius 1 is 1.42 bits per heavy atom. The van der Waals surface area contributed by atoms with Gasteiger partial charge < -0.3 is 10.4 Å². The maximum atomic E-state index is 9.21. The molecule has 4 heteroatoms. The zero-order valence-corrected chi connectivity index (χ0v) is 11.4. The van der Waals surface area contributed by atoms with Crippen LogP contribution in [-0.4, -0.2) is 22.7 Å². The van der Waals surface area contributed by atoms with Gasteiger partial charge in [0.1, 0.15) is 6.07 Å². The first-order chi connectivity index (χ1) is 9.06. The molecule has 0 saturated heterocycles. The lowest BCUT2D eigenvalue weighted by molar-refractivity contribution is 0.281. The topological polar surface area (TPSA) is 68.9 Å². The van der Waals surface area contributed by atoms with Gasteiger partial charge in [-0.15, -0.1) is 0 Å². The van der Waals surface area contributed by atoms with Gasteiger partial charge in [-0.3, -0.25) is 4.98 Å². The Morgan fingerprint density at radius 3 is 2.79 bits per heavy atom. The van der Waals surface area contributed by atoms with Crippen molar-refractivity contribution in [2.45, 2.75) is 26.8 Å². The number of benzene rings is 1. The fourth-order valence-corrected chi connectivity index (χ4v) is 2.19. The molecule has 0 saturated carbocycles. The molecule has 98 valence electrons. The fraction of sp³-hybridized carbons (Fsp3) is 0.333. The van der Waals surface area contributed by atoms with Crippen molar-refractivity contribution >= 4 is 16.6 Å². The standard InChI is InChI=1S/C15H17N3O/c1-9-4-10(2)14-13(5-9)15(18-11(3)8-19)12(6-16)7-17-14/h4-5,7,11,19H,8H2,1-3H3,(H,17,18). The summed E-state index contributed by atoms with van der Waals surface area (Å²) in [6, 6.07) is 6.12. The first kappa shape index (κ1) is 13.3. The van der Waals surface area contributed by atoms with E-state index in [-0.39, 0.29) is 12.6 Å². The van der Waals surface area contributed by atoms with E-state index in [2.05, 4.69) is 22.4 Å². The molecule has 0 bridgehead atoms. The van der Waals surface area contributed by atoms with Gasteiger partial charge in [0.25, 0.3) is 0 Å². The molecule has 1 unspecified atom stereocenters. The van der Waals surface area contributed by atoms with Crippen LogP contribution in [0.25, 0.3) is 10.9 Å². The summed E-state index contributed by atoms with van der Waals surface area (Å²) in [5.74, 6) is 0. The highest BCUT2D eigenvalue weighted by Crippen LogP contribution is 2.29. The predicted molar refractivity (Wildman–Crippen MR) is 76.1 cm³/mol. The molecule has 0 aliphatic heterocycles. The average Bonchev–Trinajstić information content (AvgIpc) is 2.39. The summed E-state index contributed by atoms with van der Waals surface area (Å²) >= 11 is 0. The van der Waals surface area contributed by atoms with Crippen LogP contribution in [0.2, 0.25) is 0 Å². The van der Waals surface area contributed by atoms with Crippen LogP contribution in [0, 0.1) is 25.2 Å². The second-order valence-electron chi connectivity index (χ2n) is 4.86. The number of nitrogens with zero attached hydrogens (tertiary/aromatic N) is 2. The summed E-state index contributed by atoms with van der Waals surface area (Å²) in [4.78, 5) is 4.36. The lowest BCUT2D eigenvalue weighted by Gasteiger charge is -2.16. The number of aliphatic hydroxyl groups is 1. The third-order valence-electron chi connectivity index (χ3n) is 3.09. The van der Waals surface area contributed by atoms with Crippen LogP contribution < -0.4 is 5.32 Å². The minimum Gasteiger partial charge on any atom is -0.394 e. The van der Waals surface area contributed by atoms with E-state index in [0.717, 1.165) is 27.7 Å². The number of nitrogens with one attached hydrogen (secondary N) is 1. The molecule has 1 aromatic heterocycles. The molecule has 4 nitrogen and oxygen atoms in total. The molecule has 0 spiro atoms. The third kappa shape index (κ3) is 2.51. The number of anilines is 1. The monoisotopic (exact) mass is 255 g/mol. The van der Waals surface area contributed by atoms with E-state index in [4.69, 9.17) is 0 Å². The van der Waals surface area contributed by atoms with Gasteiger partial charge in [-0.05, 0) is 32.4 Å². The van der Waals surface area contributed by atoms with Crippen LogP contribution in [0.15, 0.2) is 18.3 Å². The van der Waals surface area contributed by atoms with Crippen molar-refractivity contribution in [3.63, 3.8) is 0 Å². The van der Waals surface area contributed by atoms with Crippen LogP contribution in [0.4, 0.5) is 5.69 Å². The Balaban J connectivity index is 2.72. The predicted octanol–water partition coefficient (Wildman–Crippen LogP) is 2.52. The van der Waals surface area contributed by atoms with E-state index in [1.54, 1.807) is 6.20 Å². The summed E-state index contributed by atoms with van der Waals surface area (Å²) in [6.07, 6.45) is 1.58. The Labute approximate surface area is 112 Å². The molecule has 2 aromatic rings. The van der Waals surface area contributed by atoms with Crippen molar-refractivity contribution < 1.29 is 5.11 Å². The van der Waals surface area contributed by atoms with Gasteiger partial charge in [-0.2, -0.15) is 5.26 Å². The Kier molecular flexibility index (Phi) is 3.68. The van der Waals surface area contributed by atoms with E-state index in [1.165, 1.54) is 0 Å². The van der Waals surface area contributed by atoms with Crippen molar-refractivity contribution in [2.75, 3.05) is 11.9 Å². The summed E-state index contributed by atoms with van der Waals surface area (Å²) in [5, 5.41) is 22.5. The van der Waals surface area contributed by atoms with Crippen LogP contribution in [0.5, 0.6) is 0 Å². The number of aromatic nitrogens is 1. The Hall–Kier alpha value is -2.12. The molecule has 1 heterocycles. The van der Waals surface area contributed by atoms with Crippen molar-refractivity contribution in [2.24, 2.45) is 0 Å². The molecule has 2 N–H and O–H groups in total. The highest BCUT2D eigenvalue weighted by atomic mass is 16.3. The number of fused-ring (bicyclic) bond motifs is 1. The molecule has 19 heavy (non-hydrogen) atoms. The molecule has 1 atom stereocenters. The summed E-state index contributed by atoms with van der Waals surface area (Å²) in [7, 11) is 0. The number of pyridine rings is 1. The number of hydrogen-bond donors (Lipinski definition) is 2. The first-order valence-corrected chi connectivity index (χ1v) is 6.24. The quantitative estimate of drug-likeness (QED) is 0.884. The van der Waals surface area contributed by atoms with Gasteiger partial charge in [0.15, 0.2) is 0 Å². The van der Waals surface area contributed by atoms with Crippen LogP contribution >= 0.6 is 0 Å². The molecule has 0 aliphatic carbocycles. The van der Waals surface area contributed by atoms with E-state index in [1.807, 2.05) is 26.8 Å². The van der Waals surface area contributed by atoms with Crippen LogP contribution in [0.3, 0.4) is 0 Å². The number of aryl methyl sites for hydroxylation is 2. The smallest absolute Gasteiger partial charge is 0.103 e. The Bertz CT molecular complexity index is 658. The average molecular weight is 255 g/mol. The van der Waals surface area contributed by atoms with Gasteiger partial charge in [0.2, 0.25) is 0 Å². The van der Waals surface area contributed by atoms with Crippen molar-refractivity contribution in [3.05, 3.63) is 35.0 Å². The van der Waals surface area contributed by atoms with Gasteiger partial charge >= 0.3 is 0 Å². The summed E-state index contributed by atoms with van der Waals surface area (Å²) in [5.41, 5.74) is 4.34. The summed E-state index contributed by atoms with van der Waals surface area (Å²) < 4.78 is 0. The van der Waals surface area contributed by atoms with Gasteiger partial charge in [0.05, 0.1) is 23.4 Å². The number of hydrogen-bond acceptors (Lipinski definition) is 4. The van der Waals surface area contributed by atoms with Crippen LogP contribution in [-0.2, 0) is 0 Å². The summed E-state index contributed by atoms with van der Waals surface area (Å²) in [6.45, 7) is 5.91. The maximum absolute atomic E-state index is 9.21. The molecule has 0 aliphatic rings. The van der Waals surface area contributed by atoms with Crippen molar-refractivity contribution in [1.82, 2.24) is 4.98 Å². The van der Waals surface area contributed by atoms with Crippen molar-refractivity contribution in [3.8, 4) is 6.07 Å².